The lowest BCUT2D eigenvalue weighted by Crippen LogP contribution is -2.29. The fourth-order valence-electron chi connectivity index (χ4n) is 4.36. The molecule has 7 nitrogen and oxygen atoms in total. The Hall–Kier alpha value is -3.12. The van der Waals surface area contributed by atoms with Gasteiger partial charge in [-0.25, -0.2) is 13.1 Å². The van der Waals surface area contributed by atoms with Crippen LogP contribution in [0.1, 0.15) is 25.0 Å². The Morgan fingerprint density at radius 3 is 2.56 bits per heavy atom. The highest BCUT2D eigenvalue weighted by Gasteiger charge is 2.18. The minimum absolute atomic E-state index is 0.104. The number of hydrogen-bond acceptors (Lipinski definition) is 5. The number of benzene rings is 2. The van der Waals surface area contributed by atoms with Gasteiger partial charge in [-0.3, -0.25) is 0 Å². The number of nitrogens with zero attached hydrogens (tertiary/aromatic N) is 3. The normalized spacial score (nSPS) is 15.0. The van der Waals surface area contributed by atoms with Crippen LogP contribution in [0.5, 0.6) is 0 Å². The maximum absolute atomic E-state index is 12.4. The highest BCUT2D eigenvalue weighted by molar-refractivity contribution is 7.93. The van der Waals surface area contributed by atoms with E-state index < -0.39 is 10.0 Å². The maximum atomic E-state index is 12.4. The van der Waals surface area contributed by atoms with Gasteiger partial charge in [0.1, 0.15) is 6.07 Å². The Balaban J connectivity index is 1.60. The van der Waals surface area contributed by atoms with Gasteiger partial charge >= 0.3 is 0 Å². The van der Waals surface area contributed by atoms with Crippen LogP contribution >= 0.6 is 0 Å². The van der Waals surface area contributed by atoms with E-state index in [4.69, 9.17) is 4.74 Å². The molecule has 1 aromatic heterocycles. The largest absolute Gasteiger partial charge is 0.383 e. The van der Waals surface area contributed by atoms with Gasteiger partial charge in [-0.2, -0.15) is 5.26 Å². The summed E-state index contributed by atoms with van der Waals surface area (Å²) in [5.74, 6) is 0. The van der Waals surface area contributed by atoms with Crippen molar-refractivity contribution in [3.05, 3.63) is 59.1 Å². The van der Waals surface area contributed by atoms with E-state index in [9.17, 15) is 13.7 Å². The number of sulfonamides is 1. The van der Waals surface area contributed by atoms with E-state index in [0.29, 0.717) is 5.69 Å². The van der Waals surface area contributed by atoms with Gasteiger partial charge in [0.15, 0.2) is 4.91 Å². The second-order valence-corrected chi connectivity index (χ2v) is 10.2. The number of anilines is 1. The third-order valence-corrected chi connectivity index (χ3v) is 7.65. The molecule has 4 rings (SSSR count). The monoisotopic (exact) mass is 478 g/mol. The topological polar surface area (TPSA) is 87.4 Å². The van der Waals surface area contributed by atoms with Crippen LogP contribution in [0.3, 0.4) is 0 Å². The van der Waals surface area contributed by atoms with Crippen LogP contribution in [0.15, 0.2) is 53.4 Å². The lowest BCUT2D eigenvalue weighted by molar-refractivity contribution is 0.204. The number of aromatic nitrogens is 1. The number of ether oxygens (including phenoxy) is 1. The molecule has 1 N–H and O–H groups in total. The summed E-state index contributed by atoms with van der Waals surface area (Å²) in [6.07, 6.45) is 5.20. The second-order valence-electron chi connectivity index (χ2n) is 8.51. The predicted molar refractivity (Wildman–Crippen MR) is 137 cm³/mol. The highest BCUT2D eigenvalue weighted by atomic mass is 32.2. The summed E-state index contributed by atoms with van der Waals surface area (Å²) < 4.78 is 34.0. The molecule has 0 saturated carbocycles. The minimum Gasteiger partial charge on any atom is -0.383 e. The van der Waals surface area contributed by atoms with Crippen molar-refractivity contribution >= 4 is 32.6 Å². The van der Waals surface area contributed by atoms with E-state index in [1.165, 1.54) is 43.5 Å². The lowest BCUT2D eigenvalue weighted by atomic mass is 10.0. The van der Waals surface area contributed by atoms with Gasteiger partial charge in [-0.15, -0.1) is 0 Å². The SMILES string of the molecule is COCCNS(=O)(=O)/C(C#N)=C/c1ccc(-c2ccc3cc(N4CCCCC4)ccc3c2)n1C. The molecule has 3 aromatic rings. The first-order valence-electron chi connectivity index (χ1n) is 11.5. The lowest BCUT2D eigenvalue weighted by Gasteiger charge is -2.29. The fourth-order valence-corrected chi connectivity index (χ4v) is 5.27. The zero-order valence-corrected chi connectivity index (χ0v) is 20.4. The summed E-state index contributed by atoms with van der Waals surface area (Å²) in [5, 5.41) is 11.8. The molecule has 8 heteroatoms. The number of fused-ring (bicyclic) bond motifs is 1. The first-order chi connectivity index (χ1) is 16.4. The van der Waals surface area contributed by atoms with Crippen molar-refractivity contribution < 1.29 is 13.2 Å². The van der Waals surface area contributed by atoms with E-state index in [2.05, 4.69) is 46.0 Å². The minimum atomic E-state index is -3.90. The molecule has 0 bridgehead atoms. The summed E-state index contributed by atoms with van der Waals surface area (Å²) in [7, 11) is -0.551. The van der Waals surface area contributed by atoms with Crippen molar-refractivity contribution in [2.45, 2.75) is 19.3 Å². The van der Waals surface area contributed by atoms with Crippen LogP contribution in [0.2, 0.25) is 0 Å². The smallest absolute Gasteiger partial charge is 0.250 e. The molecule has 2 aromatic carbocycles. The van der Waals surface area contributed by atoms with Crippen molar-refractivity contribution in [3.63, 3.8) is 0 Å². The molecule has 0 amide bonds. The molecule has 0 aliphatic carbocycles. The molecule has 0 unspecified atom stereocenters. The van der Waals surface area contributed by atoms with Crippen LogP contribution < -0.4 is 9.62 Å². The molecule has 1 aliphatic rings. The van der Waals surface area contributed by atoms with E-state index in [-0.39, 0.29) is 18.1 Å². The number of nitrogens with one attached hydrogen (secondary N) is 1. The molecule has 1 fully saturated rings. The number of allylic oxidation sites excluding steroid dienone is 1. The number of nitriles is 1. The van der Waals surface area contributed by atoms with Crippen LogP contribution in [0.25, 0.3) is 28.1 Å². The van der Waals surface area contributed by atoms with Crippen molar-refractivity contribution in [2.24, 2.45) is 7.05 Å². The van der Waals surface area contributed by atoms with Crippen molar-refractivity contribution in [1.29, 1.82) is 5.26 Å². The summed E-state index contributed by atoms with van der Waals surface area (Å²) in [4.78, 5) is 2.12. The molecule has 0 spiro atoms. The molecule has 1 saturated heterocycles. The zero-order chi connectivity index (χ0) is 24.1. The molecular weight excluding hydrogens is 448 g/mol. The second kappa shape index (κ2) is 10.4. The number of methoxy groups -OCH3 is 1. The Morgan fingerprint density at radius 2 is 1.82 bits per heavy atom. The first-order valence-corrected chi connectivity index (χ1v) is 13.0. The van der Waals surface area contributed by atoms with Gasteiger partial charge in [-0.1, -0.05) is 18.2 Å². The molecule has 178 valence electrons. The van der Waals surface area contributed by atoms with Crippen molar-refractivity contribution in [2.75, 3.05) is 38.3 Å². The molecule has 1 aliphatic heterocycles. The third kappa shape index (κ3) is 5.17. The third-order valence-electron chi connectivity index (χ3n) is 6.28. The number of piperidine rings is 1. The Labute approximate surface area is 201 Å². The Morgan fingerprint density at radius 1 is 1.09 bits per heavy atom. The van der Waals surface area contributed by atoms with E-state index in [0.717, 1.165) is 29.7 Å². The molecule has 34 heavy (non-hydrogen) atoms. The molecule has 2 heterocycles. The van der Waals surface area contributed by atoms with Crippen LogP contribution in [0, 0.1) is 11.3 Å². The highest BCUT2D eigenvalue weighted by Crippen LogP contribution is 2.30. The fraction of sp³-hybridized carbons (Fsp3) is 0.346. The maximum Gasteiger partial charge on any atom is 0.250 e. The van der Waals surface area contributed by atoms with E-state index >= 15 is 0 Å². The summed E-state index contributed by atoms with van der Waals surface area (Å²) in [5.41, 5.74) is 3.87. The molecular formula is C26H30N4O3S. The van der Waals surface area contributed by atoms with Crippen LogP contribution in [-0.4, -0.2) is 46.3 Å². The quantitative estimate of drug-likeness (QED) is 0.386. The van der Waals surface area contributed by atoms with Gasteiger partial charge in [0.2, 0.25) is 0 Å². The van der Waals surface area contributed by atoms with Gasteiger partial charge in [0.05, 0.1) is 6.61 Å². The zero-order valence-electron chi connectivity index (χ0n) is 19.6. The van der Waals surface area contributed by atoms with Crippen LogP contribution in [-0.2, 0) is 21.8 Å². The van der Waals surface area contributed by atoms with Gasteiger partial charge in [0, 0.05) is 50.9 Å². The Bertz CT molecular complexity index is 1350. The molecule has 0 atom stereocenters. The summed E-state index contributed by atoms with van der Waals surface area (Å²) in [6, 6.07) is 18.5. The number of hydrogen-bond donors (Lipinski definition) is 1. The van der Waals surface area contributed by atoms with Crippen LogP contribution in [0.4, 0.5) is 5.69 Å². The van der Waals surface area contributed by atoms with E-state index in [1.54, 1.807) is 6.07 Å². The number of rotatable bonds is 8. The van der Waals surface area contributed by atoms with Crippen molar-refractivity contribution in [1.82, 2.24) is 9.29 Å². The average molecular weight is 479 g/mol. The standard InChI is InChI=1S/C26H30N4O3S/c1-29-23(18-25(19-27)34(31,32)28-12-15-33-2)10-11-26(29)22-7-6-21-17-24(9-8-20(21)16-22)30-13-4-3-5-14-30/h6-11,16-18,28H,3-5,12-15H2,1-2H3/b25-18+. The first kappa shape index (κ1) is 24.0. The predicted octanol–water partition coefficient (Wildman–Crippen LogP) is 4.27. The van der Waals surface area contributed by atoms with E-state index in [1.807, 2.05) is 23.7 Å². The van der Waals surface area contributed by atoms with Crippen molar-refractivity contribution in [3.8, 4) is 17.3 Å². The van der Waals surface area contributed by atoms with Gasteiger partial charge < -0.3 is 14.2 Å². The molecule has 0 radical (unpaired) electrons. The Kier molecular flexibility index (Phi) is 7.37. The van der Waals surface area contributed by atoms with Gasteiger partial charge in [-0.05, 0) is 72.0 Å². The average Bonchev–Trinajstić information content (AvgIpc) is 3.22. The summed E-state index contributed by atoms with van der Waals surface area (Å²) >= 11 is 0. The van der Waals surface area contributed by atoms with Gasteiger partial charge in [0.25, 0.3) is 10.0 Å². The summed E-state index contributed by atoms with van der Waals surface area (Å²) in [6.45, 7) is 2.57.